The van der Waals surface area contributed by atoms with Crippen molar-refractivity contribution >= 4 is 0 Å². The second-order valence-electron chi connectivity index (χ2n) is 13.6. The van der Waals surface area contributed by atoms with Crippen molar-refractivity contribution < 1.29 is 15.3 Å². The van der Waals surface area contributed by atoms with Crippen LogP contribution in [0.25, 0.3) is 0 Å². The van der Waals surface area contributed by atoms with Gasteiger partial charge in [-0.15, -0.1) is 0 Å². The van der Waals surface area contributed by atoms with E-state index in [2.05, 4.69) is 69.9 Å². The van der Waals surface area contributed by atoms with Crippen LogP contribution in [0.3, 0.4) is 0 Å². The number of aryl methyl sites for hydroxylation is 1. The maximum Gasteiger partial charge on any atom is 0.0832 e. The number of pyridine rings is 1. The van der Waals surface area contributed by atoms with Gasteiger partial charge in [0.1, 0.15) is 0 Å². The van der Waals surface area contributed by atoms with Crippen LogP contribution in [0, 0.1) is 23.2 Å². The molecule has 7 atom stereocenters. The molecule has 3 N–H and O–H groups in total. The third-order valence-electron chi connectivity index (χ3n) is 11.0. The molecule has 0 unspecified atom stereocenters. The van der Waals surface area contributed by atoms with Crippen LogP contribution in [0.5, 0.6) is 0 Å². The molecular formula is C36H51NO3. The zero-order valence-corrected chi connectivity index (χ0v) is 25.0. The summed E-state index contributed by atoms with van der Waals surface area (Å²) in [4.78, 5) is 4.97. The second kappa shape index (κ2) is 12.1. The minimum absolute atomic E-state index is 0.209. The minimum atomic E-state index is -0.639. The predicted octanol–water partition coefficient (Wildman–Crippen LogP) is 7.15. The van der Waals surface area contributed by atoms with Gasteiger partial charge in [-0.2, -0.15) is 0 Å². The van der Waals surface area contributed by atoms with Crippen LogP contribution < -0.4 is 0 Å². The number of nitrogens with zero attached hydrogens (tertiary/aromatic N) is 1. The summed E-state index contributed by atoms with van der Waals surface area (Å²) < 4.78 is 0. The summed E-state index contributed by atoms with van der Waals surface area (Å²) in [7, 11) is 0. The summed E-state index contributed by atoms with van der Waals surface area (Å²) in [5, 5.41) is 31.8. The Morgan fingerprint density at radius 2 is 1.93 bits per heavy atom. The molecule has 4 aliphatic carbocycles. The molecule has 40 heavy (non-hydrogen) atoms. The Hall–Kier alpha value is -2.01. The maximum absolute atomic E-state index is 11.4. The van der Waals surface area contributed by atoms with Crippen LogP contribution >= 0.6 is 0 Å². The van der Waals surface area contributed by atoms with Crippen molar-refractivity contribution in [3.8, 4) is 0 Å². The molecule has 218 valence electrons. The fraction of sp³-hybridized carbons (Fsp3) is 0.639. The zero-order chi connectivity index (χ0) is 28.5. The normalized spacial score (nSPS) is 35.3. The first-order chi connectivity index (χ1) is 19.2. The summed E-state index contributed by atoms with van der Waals surface area (Å²) in [6.07, 6.45) is 19.5. The molecule has 4 saturated carbocycles. The predicted molar refractivity (Wildman–Crippen MR) is 163 cm³/mol. The smallest absolute Gasteiger partial charge is 0.0832 e. The summed E-state index contributed by atoms with van der Waals surface area (Å²) in [6.45, 7) is 11.1. The number of allylic oxidation sites excluding steroid dienone is 4. The molecule has 1 heterocycles. The molecule has 5 rings (SSSR count). The molecule has 4 heteroatoms. The number of aliphatic hydroxyl groups excluding tert-OH is 3. The van der Waals surface area contributed by atoms with Crippen molar-refractivity contribution in [2.24, 2.45) is 23.2 Å². The molecule has 0 aliphatic heterocycles. The van der Waals surface area contributed by atoms with Gasteiger partial charge < -0.3 is 15.3 Å². The number of hydrogen-bond acceptors (Lipinski definition) is 4. The van der Waals surface area contributed by atoms with Crippen LogP contribution in [0.1, 0.15) is 103 Å². The standard InChI is InChI=1S/C36H51NO3/c1-5-6-10-28-11-7-12-33(37-28)36(20-21-36)34(40)18-13-24(2)30-16-17-31-26(9-8-19-35(30,31)4)14-15-27-22-29(38)23-32(39)25(27)3/h7,11-15,18,24,29-32,34,38-40H,3,5-6,8-10,16-17,19-23H2,1-2,4H3/t24-,29-,30-,31+,32+,34+,35-/m1/s1. The van der Waals surface area contributed by atoms with Crippen molar-refractivity contribution in [1.82, 2.24) is 4.98 Å². The number of aromatic nitrogens is 1. The Kier molecular flexibility index (Phi) is 8.90. The first kappa shape index (κ1) is 29.5. The third-order valence-corrected chi connectivity index (χ3v) is 11.0. The number of hydrogen-bond donors (Lipinski definition) is 3. The molecule has 0 spiro atoms. The van der Waals surface area contributed by atoms with Crippen molar-refractivity contribution in [3.63, 3.8) is 0 Å². The Bertz CT molecular complexity index is 1160. The van der Waals surface area contributed by atoms with Crippen molar-refractivity contribution in [2.45, 2.75) is 122 Å². The quantitative estimate of drug-likeness (QED) is 0.288. The van der Waals surface area contributed by atoms with Crippen LogP contribution in [-0.4, -0.2) is 38.6 Å². The summed E-state index contributed by atoms with van der Waals surface area (Å²) in [5.74, 6) is 1.57. The Morgan fingerprint density at radius 1 is 1.12 bits per heavy atom. The van der Waals surface area contributed by atoms with Gasteiger partial charge in [0.15, 0.2) is 0 Å². The zero-order valence-electron chi connectivity index (χ0n) is 25.0. The lowest BCUT2D eigenvalue weighted by molar-refractivity contribution is 0.0862. The first-order valence-corrected chi connectivity index (χ1v) is 16.0. The van der Waals surface area contributed by atoms with Crippen LogP contribution in [0.2, 0.25) is 0 Å². The molecule has 4 aliphatic rings. The molecule has 4 fully saturated rings. The van der Waals surface area contributed by atoms with Gasteiger partial charge in [0.25, 0.3) is 0 Å². The van der Waals surface area contributed by atoms with Gasteiger partial charge in [0.2, 0.25) is 0 Å². The molecule has 0 aromatic carbocycles. The molecule has 0 amide bonds. The second-order valence-corrected chi connectivity index (χ2v) is 13.6. The monoisotopic (exact) mass is 545 g/mol. The molecule has 0 radical (unpaired) electrons. The van der Waals surface area contributed by atoms with Gasteiger partial charge in [0, 0.05) is 23.2 Å². The van der Waals surface area contributed by atoms with Gasteiger partial charge in [0.05, 0.1) is 18.3 Å². The van der Waals surface area contributed by atoms with E-state index in [1.807, 2.05) is 0 Å². The Labute approximate surface area is 242 Å². The first-order valence-electron chi connectivity index (χ1n) is 16.0. The molecular weight excluding hydrogens is 494 g/mol. The summed E-state index contributed by atoms with van der Waals surface area (Å²) in [5.41, 5.74) is 5.54. The van der Waals surface area contributed by atoms with E-state index in [1.54, 1.807) is 0 Å². The van der Waals surface area contributed by atoms with Gasteiger partial charge in [-0.3, -0.25) is 4.98 Å². The van der Waals surface area contributed by atoms with Gasteiger partial charge in [-0.25, -0.2) is 0 Å². The number of fused-ring (bicyclic) bond motifs is 1. The third kappa shape index (κ3) is 5.82. The minimum Gasteiger partial charge on any atom is -0.393 e. The molecule has 1 aromatic heterocycles. The number of aliphatic hydroxyl groups is 3. The topological polar surface area (TPSA) is 73.6 Å². The fourth-order valence-corrected chi connectivity index (χ4v) is 8.30. The van der Waals surface area contributed by atoms with Gasteiger partial charge >= 0.3 is 0 Å². The fourth-order valence-electron chi connectivity index (χ4n) is 8.30. The highest BCUT2D eigenvalue weighted by molar-refractivity contribution is 5.39. The largest absolute Gasteiger partial charge is 0.393 e. The Morgan fingerprint density at radius 3 is 2.67 bits per heavy atom. The highest BCUT2D eigenvalue weighted by atomic mass is 16.3. The lowest BCUT2D eigenvalue weighted by Crippen LogP contribution is -2.35. The summed E-state index contributed by atoms with van der Waals surface area (Å²) in [6, 6.07) is 6.35. The van der Waals surface area contributed by atoms with E-state index < -0.39 is 18.3 Å². The van der Waals surface area contributed by atoms with Crippen LogP contribution in [0.15, 0.2) is 65.8 Å². The van der Waals surface area contributed by atoms with Crippen molar-refractivity contribution in [1.29, 1.82) is 0 Å². The van der Waals surface area contributed by atoms with Crippen LogP contribution in [-0.2, 0) is 11.8 Å². The SMILES string of the molecule is C=C1C(=CC=C2CCC[C@]3(C)[C@@H]([C@H](C)C=C[C@H](O)C4(c5cccc(CCCC)n5)CC4)CC[C@@H]23)C[C@@H](O)C[C@@H]1O. The van der Waals surface area contributed by atoms with Crippen molar-refractivity contribution in [3.05, 3.63) is 77.2 Å². The lowest BCUT2D eigenvalue weighted by atomic mass is 9.61. The lowest BCUT2D eigenvalue weighted by Gasteiger charge is -2.44. The average molecular weight is 546 g/mol. The maximum atomic E-state index is 11.4. The highest BCUT2D eigenvalue weighted by Crippen LogP contribution is 2.60. The van der Waals surface area contributed by atoms with Gasteiger partial charge in [-0.05, 0) is 111 Å². The molecule has 1 aromatic rings. The van der Waals surface area contributed by atoms with E-state index in [4.69, 9.17) is 4.98 Å². The molecule has 0 bridgehead atoms. The van der Waals surface area contributed by atoms with E-state index in [0.717, 1.165) is 54.6 Å². The highest BCUT2D eigenvalue weighted by Gasteiger charge is 2.52. The molecule has 0 saturated heterocycles. The van der Waals surface area contributed by atoms with E-state index in [0.29, 0.717) is 30.6 Å². The van der Waals surface area contributed by atoms with E-state index in [9.17, 15) is 15.3 Å². The van der Waals surface area contributed by atoms with E-state index in [-0.39, 0.29) is 10.8 Å². The number of rotatable bonds is 9. The Balaban J connectivity index is 1.27. The summed E-state index contributed by atoms with van der Waals surface area (Å²) >= 11 is 0. The van der Waals surface area contributed by atoms with E-state index >= 15 is 0 Å². The van der Waals surface area contributed by atoms with Crippen LogP contribution in [0.4, 0.5) is 0 Å². The van der Waals surface area contributed by atoms with E-state index in [1.165, 1.54) is 37.7 Å². The van der Waals surface area contributed by atoms with Gasteiger partial charge in [-0.1, -0.05) is 69.7 Å². The number of unbranched alkanes of at least 4 members (excludes halogenated alkanes) is 1. The average Bonchev–Trinajstić information content (AvgIpc) is 3.68. The molecule has 4 nitrogen and oxygen atoms in total. The van der Waals surface area contributed by atoms with Crippen molar-refractivity contribution in [2.75, 3.05) is 0 Å².